The quantitative estimate of drug-likeness (QED) is 0.802. The molecule has 1 saturated heterocycles. The van der Waals surface area contributed by atoms with Crippen molar-refractivity contribution < 1.29 is 0 Å². The molecule has 0 aromatic rings. The summed E-state index contributed by atoms with van der Waals surface area (Å²) < 4.78 is 0. The van der Waals surface area contributed by atoms with Gasteiger partial charge in [-0.1, -0.05) is 20.8 Å². The molecule has 4 atom stereocenters. The molecular weight excluding hydrogens is 246 g/mol. The van der Waals surface area contributed by atoms with E-state index in [4.69, 9.17) is 5.73 Å². The Balaban J connectivity index is 2.08. The first-order chi connectivity index (χ1) is 9.29. The molecule has 2 aliphatic rings. The maximum atomic E-state index is 6.51. The normalized spacial score (nSPS) is 38.7. The molecule has 0 aromatic heterocycles. The predicted octanol–water partition coefficient (Wildman–Crippen LogP) is 2.55. The third-order valence-electron chi connectivity index (χ3n) is 5.62. The first kappa shape index (κ1) is 16.3. The van der Waals surface area contributed by atoms with Crippen LogP contribution in [-0.2, 0) is 0 Å². The second kappa shape index (κ2) is 6.33. The summed E-state index contributed by atoms with van der Waals surface area (Å²) in [5, 5.41) is 0. The standard InChI is InChI=1S/C17H35N3/c1-13-12-19(5)9-6-10-20(13)16-11-14(17(2,3)4)7-8-15(16)18/h13-16H,6-12,18H2,1-5H3. The number of hydrogen-bond acceptors (Lipinski definition) is 3. The SMILES string of the molecule is CC1CN(C)CCCN1C1CC(C(C)(C)C)CCC1N. The number of nitrogens with zero attached hydrogens (tertiary/aromatic N) is 2. The van der Waals surface area contributed by atoms with Crippen LogP contribution < -0.4 is 5.73 Å². The van der Waals surface area contributed by atoms with Crippen LogP contribution in [0.2, 0.25) is 0 Å². The molecule has 4 unspecified atom stereocenters. The Labute approximate surface area is 125 Å². The van der Waals surface area contributed by atoms with Gasteiger partial charge in [0, 0.05) is 31.2 Å². The van der Waals surface area contributed by atoms with Crippen LogP contribution in [0, 0.1) is 11.3 Å². The molecule has 3 nitrogen and oxygen atoms in total. The number of rotatable bonds is 1. The highest BCUT2D eigenvalue weighted by Crippen LogP contribution is 2.39. The molecule has 20 heavy (non-hydrogen) atoms. The fraction of sp³-hybridized carbons (Fsp3) is 1.00. The smallest absolute Gasteiger partial charge is 0.0253 e. The minimum atomic E-state index is 0.374. The average molecular weight is 281 g/mol. The molecule has 0 amide bonds. The summed E-state index contributed by atoms with van der Waals surface area (Å²) in [5.41, 5.74) is 6.93. The highest BCUT2D eigenvalue weighted by atomic mass is 15.3. The summed E-state index contributed by atoms with van der Waals surface area (Å²) in [6, 6.07) is 1.60. The number of hydrogen-bond donors (Lipinski definition) is 1. The molecule has 1 aliphatic heterocycles. The molecule has 2 fully saturated rings. The topological polar surface area (TPSA) is 32.5 Å². The maximum absolute atomic E-state index is 6.51. The summed E-state index contributed by atoms with van der Waals surface area (Å²) in [4.78, 5) is 5.20. The van der Waals surface area contributed by atoms with Crippen molar-refractivity contribution in [1.82, 2.24) is 9.80 Å². The Kier molecular flexibility index (Phi) is 5.14. The van der Waals surface area contributed by atoms with Gasteiger partial charge in [-0.2, -0.15) is 0 Å². The van der Waals surface area contributed by atoms with Gasteiger partial charge in [-0.15, -0.1) is 0 Å². The first-order valence-electron chi connectivity index (χ1n) is 8.49. The van der Waals surface area contributed by atoms with Crippen LogP contribution >= 0.6 is 0 Å². The van der Waals surface area contributed by atoms with E-state index < -0.39 is 0 Å². The second-order valence-corrected chi connectivity index (χ2v) is 8.31. The molecule has 0 radical (unpaired) electrons. The molecule has 2 N–H and O–H groups in total. The van der Waals surface area contributed by atoms with Gasteiger partial charge in [-0.05, 0) is 57.5 Å². The van der Waals surface area contributed by atoms with Gasteiger partial charge in [0.25, 0.3) is 0 Å². The van der Waals surface area contributed by atoms with Crippen molar-refractivity contribution in [3.05, 3.63) is 0 Å². The Morgan fingerprint density at radius 3 is 2.45 bits per heavy atom. The van der Waals surface area contributed by atoms with Gasteiger partial charge < -0.3 is 10.6 Å². The van der Waals surface area contributed by atoms with Crippen molar-refractivity contribution in [2.45, 2.75) is 71.5 Å². The Morgan fingerprint density at radius 1 is 1.10 bits per heavy atom. The molecular formula is C17H35N3. The van der Waals surface area contributed by atoms with Crippen LogP contribution in [0.1, 0.15) is 53.4 Å². The van der Waals surface area contributed by atoms with Crippen LogP contribution in [0.4, 0.5) is 0 Å². The van der Waals surface area contributed by atoms with E-state index in [-0.39, 0.29) is 0 Å². The number of likely N-dealkylation sites (N-methyl/N-ethyl adjacent to an activating group) is 1. The highest BCUT2D eigenvalue weighted by Gasteiger charge is 2.38. The molecule has 1 heterocycles. The van der Waals surface area contributed by atoms with Crippen molar-refractivity contribution in [3.8, 4) is 0 Å². The third-order valence-corrected chi connectivity index (χ3v) is 5.62. The lowest BCUT2D eigenvalue weighted by Crippen LogP contribution is -2.56. The summed E-state index contributed by atoms with van der Waals surface area (Å²) in [6.07, 6.45) is 5.08. The van der Waals surface area contributed by atoms with Crippen molar-refractivity contribution in [2.75, 3.05) is 26.7 Å². The van der Waals surface area contributed by atoms with Gasteiger partial charge >= 0.3 is 0 Å². The Morgan fingerprint density at radius 2 is 1.80 bits per heavy atom. The minimum absolute atomic E-state index is 0.374. The zero-order valence-corrected chi connectivity index (χ0v) is 14.2. The van der Waals surface area contributed by atoms with Crippen molar-refractivity contribution in [3.63, 3.8) is 0 Å². The van der Waals surface area contributed by atoms with Crippen LogP contribution in [0.3, 0.4) is 0 Å². The molecule has 0 aromatic carbocycles. The number of nitrogens with two attached hydrogens (primary N) is 1. The van der Waals surface area contributed by atoms with Crippen LogP contribution in [-0.4, -0.2) is 54.6 Å². The largest absolute Gasteiger partial charge is 0.326 e. The van der Waals surface area contributed by atoms with E-state index in [1.54, 1.807) is 0 Å². The minimum Gasteiger partial charge on any atom is -0.326 e. The third kappa shape index (κ3) is 3.75. The maximum Gasteiger partial charge on any atom is 0.0253 e. The lowest BCUT2D eigenvalue weighted by molar-refractivity contribution is 0.0482. The molecule has 1 aliphatic carbocycles. The van der Waals surface area contributed by atoms with E-state index in [2.05, 4.69) is 44.5 Å². The Hall–Kier alpha value is -0.120. The zero-order chi connectivity index (χ0) is 14.9. The molecule has 1 saturated carbocycles. The fourth-order valence-electron chi connectivity index (χ4n) is 4.22. The Bertz CT molecular complexity index is 310. The zero-order valence-electron chi connectivity index (χ0n) is 14.2. The van der Waals surface area contributed by atoms with Gasteiger partial charge in [0.2, 0.25) is 0 Å². The molecule has 0 bridgehead atoms. The highest BCUT2D eigenvalue weighted by molar-refractivity contribution is 4.95. The summed E-state index contributed by atoms with van der Waals surface area (Å²) in [6.45, 7) is 13.2. The first-order valence-corrected chi connectivity index (χ1v) is 8.49. The molecule has 3 heteroatoms. The summed E-state index contributed by atoms with van der Waals surface area (Å²) in [5.74, 6) is 0.820. The lowest BCUT2D eigenvalue weighted by atomic mass is 9.69. The van der Waals surface area contributed by atoms with Crippen LogP contribution in [0.25, 0.3) is 0 Å². The van der Waals surface area contributed by atoms with E-state index in [1.165, 1.54) is 45.3 Å². The molecule has 0 spiro atoms. The van der Waals surface area contributed by atoms with Gasteiger partial charge in [0.05, 0.1) is 0 Å². The van der Waals surface area contributed by atoms with E-state index in [0.29, 0.717) is 23.5 Å². The van der Waals surface area contributed by atoms with E-state index in [1.807, 2.05) is 0 Å². The van der Waals surface area contributed by atoms with Gasteiger partial charge in [0.1, 0.15) is 0 Å². The summed E-state index contributed by atoms with van der Waals surface area (Å²) in [7, 11) is 2.25. The lowest BCUT2D eigenvalue weighted by Gasteiger charge is -2.46. The molecule has 118 valence electrons. The van der Waals surface area contributed by atoms with Crippen LogP contribution in [0.15, 0.2) is 0 Å². The second-order valence-electron chi connectivity index (χ2n) is 8.31. The van der Waals surface area contributed by atoms with E-state index in [9.17, 15) is 0 Å². The fourth-order valence-corrected chi connectivity index (χ4v) is 4.22. The van der Waals surface area contributed by atoms with Crippen molar-refractivity contribution in [2.24, 2.45) is 17.1 Å². The monoisotopic (exact) mass is 281 g/mol. The predicted molar refractivity (Wildman–Crippen MR) is 86.8 cm³/mol. The van der Waals surface area contributed by atoms with Crippen LogP contribution in [0.5, 0.6) is 0 Å². The van der Waals surface area contributed by atoms with Crippen molar-refractivity contribution in [1.29, 1.82) is 0 Å². The van der Waals surface area contributed by atoms with Crippen molar-refractivity contribution >= 4 is 0 Å². The average Bonchev–Trinajstić information content (AvgIpc) is 2.49. The van der Waals surface area contributed by atoms with E-state index in [0.717, 1.165) is 5.92 Å². The van der Waals surface area contributed by atoms with Gasteiger partial charge in [-0.3, -0.25) is 4.90 Å². The summed E-state index contributed by atoms with van der Waals surface area (Å²) >= 11 is 0. The van der Waals surface area contributed by atoms with Gasteiger partial charge in [0.15, 0.2) is 0 Å². The molecule has 2 rings (SSSR count). The van der Waals surface area contributed by atoms with Gasteiger partial charge in [-0.25, -0.2) is 0 Å². The van der Waals surface area contributed by atoms with E-state index >= 15 is 0 Å².